The summed E-state index contributed by atoms with van der Waals surface area (Å²) in [6, 6.07) is 3.96. The normalized spacial score (nSPS) is 12.2. The Morgan fingerprint density at radius 3 is 2.82 bits per heavy atom. The number of nitrogens with zero attached hydrogens (tertiary/aromatic N) is 2. The van der Waals surface area contributed by atoms with Crippen molar-refractivity contribution in [1.29, 1.82) is 0 Å². The molecule has 0 saturated heterocycles. The van der Waals surface area contributed by atoms with Gasteiger partial charge in [-0.2, -0.15) is 0 Å². The molecule has 0 unspecified atom stereocenters. The molecular weight excluding hydrogens is 214 g/mol. The summed E-state index contributed by atoms with van der Waals surface area (Å²) in [4.78, 5) is 6.51. The Kier molecular flexibility index (Phi) is 5.66. The molecule has 94 valence electrons. The van der Waals surface area contributed by atoms with Gasteiger partial charge in [0.15, 0.2) is 0 Å². The van der Waals surface area contributed by atoms with E-state index < -0.39 is 0 Å². The van der Waals surface area contributed by atoms with Crippen molar-refractivity contribution in [3.05, 3.63) is 36.7 Å². The Bertz CT molecular complexity index is 335. The highest BCUT2D eigenvalue weighted by Gasteiger charge is 2.06. The highest BCUT2D eigenvalue weighted by molar-refractivity contribution is 5.45. The van der Waals surface area contributed by atoms with E-state index in [1.807, 2.05) is 31.3 Å². The first-order chi connectivity index (χ1) is 8.19. The summed E-state index contributed by atoms with van der Waals surface area (Å²) in [6.07, 6.45) is 3.72. The monoisotopic (exact) mass is 235 g/mol. The third kappa shape index (κ3) is 4.17. The lowest BCUT2D eigenvalue weighted by molar-refractivity contribution is 0.206. The lowest BCUT2D eigenvalue weighted by Gasteiger charge is -2.22. The Morgan fingerprint density at radius 2 is 2.35 bits per heavy atom. The molecule has 0 radical (unpaired) electrons. The van der Waals surface area contributed by atoms with Crippen molar-refractivity contribution in [2.45, 2.75) is 13.0 Å². The number of ether oxygens (including phenoxy) is 1. The molecule has 1 aromatic heterocycles. The Labute approximate surface area is 103 Å². The maximum absolute atomic E-state index is 5.77. The van der Waals surface area contributed by atoms with Crippen LogP contribution in [-0.4, -0.2) is 31.8 Å². The summed E-state index contributed by atoms with van der Waals surface area (Å²) in [5.74, 6) is 0. The smallest absolute Gasteiger partial charge is 0.0637 e. The quantitative estimate of drug-likeness (QED) is 0.731. The van der Waals surface area contributed by atoms with Gasteiger partial charge in [-0.15, -0.1) is 6.58 Å². The van der Waals surface area contributed by atoms with Crippen molar-refractivity contribution in [3.63, 3.8) is 0 Å². The molecule has 0 bridgehead atoms. The van der Waals surface area contributed by atoms with Crippen LogP contribution in [0.25, 0.3) is 0 Å². The Balaban J connectivity index is 2.75. The number of pyridine rings is 1. The number of rotatable bonds is 7. The molecule has 1 rings (SSSR count). The maximum Gasteiger partial charge on any atom is 0.0637 e. The van der Waals surface area contributed by atoms with E-state index in [2.05, 4.69) is 16.5 Å². The molecule has 0 aromatic carbocycles. The SMILES string of the molecule is C=CCN(CCOC)c1ccc([C@H](C)N)nc1. The van der Waals surface area contributed by atoms with E-state index in [1.165, 1.54) is 0 Å². The summed E-state index contributed by atoms with van der Waals surface area (Å²) in [5.41, 5.74) is 7.73. The zero-order valence-corrected chi connectivity index (χ0v) is 10.6. The van der Waals surface area contributed by atoms with Crippen molar-refractivity contribution < 1.29 is 4.74 Å². The number of methoxy groups -OCH3 is 1. The van der Waals surface area contributed by atoms with E-state index in [4.69, 9.17) is 10.5 Å². The second kappa shape index (κ2) is 7.04. The highest BCUT2D eigenvalue weighted by Crippen LogP contribution is 2.15. The molecule has 0 aliphatic heterocycles. The van der Waals surface area contributed by atoms with Gasteiger partial charge in [0.2, 0.25) is 0 Å². The minimum absolute atomic E-state index is 0.0316. The van der Waals surface area contributed by atoms with Gasteiger partial charge in [-0.25, -0.2) is 0 Å². The van der Waals surface area contributed by atoms with Gasteiger partial charge in [0.1, 0.15) is 0 Å². The van der Waals surface area contributed by atoms with Crippen LogP contribution in [0, 0.1) is 0 Å². The molecule has 2 N–H and O–H groups in total. The lowest BCUT2D eigenvalue weighted by Crippen LogP contribution is -2.27. The predicted molar refractivity (Wildman–Crippen MR) is 71.1 cm³/mol. The summed E-state index contributed by atoms with van der Waals surface area (Å²) < 4.78 is 5.09. The van der Waals surface area contributed by atoms with Crippen molar-refractivity contribution in [1.82, 2.24) is 4.98 Å². The summed E-state index contributed by atoms with van der Waals surface area (Å²) in [5, 5.41) is 0. The first-order valence-corrected chi connectivity index (χ1v) is 5.75. The highest BCUT2D eigenvalue weighted by atomic mass is 16.5. The van der Waals surface area contributed by atoms with Gasteiger partial charge in [0.05, 0.1) is 24.2 Å². The third-order valence-electron chi connectivity index (χ3n) is 2.52. The minimum Gasteiger partial charge on any atom is -0.383 e. The van der Waals surface area contributed by atoms with Gasteiger partial charge in [-0.3, -0.25) is 4.98 Å². The van der Waals surface area contributed by atoms with Crippen LogP contribution in [0.4, 0.5) is 5.69 Å². The van der Waals surface area contributed by atoms with Crippen LogP contribution in [0.1, 0.15) is 18.7 Å². The molecule has 1 aromatic rings. The van der Waals surface area contributed by atoms with Gasteiger partial charge in [0.25, 0.3) is 0 Å². The largest absolute Gasteiger partial charge is 0.383 e. The zero-order chi connectivity index (χ0) is 12.7. The Morgan fingerprint density at radius 1 is 1.59 bits per heavy atom. The number of aromatic nitrogens is 1. The van der Waals surface area contributed by atoms with Crippen LogP contribution in [0.2, 0.25) is 0 Å². The molecule has 1 heterocycles. The van der Waals surface area contributed by atoms with Crippen molar-refractivity contribution in [2.75, 3.05) is 31.7 Å². The van der Waals surface area contributed by atoms with E-state index in [-0.39, 0.29) is 6.04 Å². The molecule has 0 saturated carbocycles. The van der Waals surface area contributed by atoms with Gasteiger partial charge in [-0.1, -0.05) is 6.08 Å². The molecule has 0 amide bonds. The van der Waals surface area contributed by atoms with E-state index in [1.54, 1.807) is 7.11 Å². The lowest BCUT2D eigenvalue weighted by atomic mass is 10.2. The van der Waals surface area contributed by atoms with E-state index >= 15 is 0 Å². The fourth-order valence-electron chi connectivity index (χ4n) is 1.54. The average molecular weight is 235 g/mol. The van der Waals surface area contributed by atoms with Gasteiger partial charge in [0, 0.05) is 26.2 Å². The topological polar surface area (TPSA) is 51.4 Å². The molecule has 0 spiro atoms. The van der Waals surface area contributed by atoms with Crippen molar-refractivity contribution >= 4 is 5.69 Å². The Hall–Kier alpha value is -1.39. The van der Waals surface area contributed by atoms with Gasteiger partial charge >= 0.3 is 0 Å². The molecule has 1 atom stereocenters. The average Bonchev–Trinajstić information content (AvgIpc) is 2.34. The maximum atomic E-state index is 5.77. The molecule has 4 heteroatoms. The van der Waals surface area contributed by atoms with Crippen molar-refractivity contribution in [3.8, 4) is 0 Å². The minimum atomic E-state index is -0.0316. The van der Waals surface area contributed by atoms with Gasteiger partial charge in [-0.05, 0) is 19.1 Å². The molecule has 0 aliphatic rings. The molecule has 0 aliphatic carbocycles. The number of hydrogen-bond donors (Lipinski definition) is 1. The van der Waals surface area contributed by atoms with Gasteiger partial charge < -0.3 is 15.4 Å². The molecule has 4 nitrogen and oxygen atoms in total. The summed E-state index contributed by atoms with van der Waals surface area (Å²) in [7, 11) is 1.70. The van der Waals surface area contributed by atoms with Crippen LogP contribution in [0.15, 0.2) is 31.0 Å². The number of hydrogen-bond acceptors (Lipinski definition) is 4. The third-order valence-corrected chi connectivity index (χ3v) is 2.52. The summed E-state index contributed by atoms with van der Waals surface area (Å²) in [6.45, 7) is 7.97. The van der Waals surface area contributed by atoms with Crippen LogP contribution >= 0.6 is 0 Å². The predicted octanol–water partition coefficient (Wildman–Crippen LogP) is 1.74. The first-order valence-electron chi connectivity index (χ1n) is 5.75. The zero-order valence-electron chi connectivity index (χ0n) is 10.6. The van der Waals surface area contributed by atoms with E-state index in [0.717, 1.165) is 24.5 Å². The van der Waals surface area contributed by atoms with Crippen LogP contribution in [0.3, 0.4) is 0 Å². The fraction of sp³-hybridized carbons (Fsp3) is 0.462. The number of anilines is 1. The fourth-order valence-corrected chi connectivity index (χ4v) is 1.54. The van der Waals surface area contributed by atoms with Crippen LogP contribution in [-0.2, 0) is 4.74 Å². The molecular formula is C13H21N3O. The first kappa shape index (κ1) is 13.7. The van der Waals surface area contributed by atoms with Crippen LogP contribution < -0.4 is 10.6 Å². The van der Waals surface area contributed by atoms with E-state index in [9.17, 15) is 0 Å². The second-order valence-electron chi connectivity index (χ2n) is 3.96. The molecule has 0 fully saturated rings. The molecule has 17 heavy (non-hydrogen) atoms. The van der Waals surface area contributed by atoms with Crippen molar-refractivity contribution in [2.24, 2.45) is 5.73 Å². The second-order valence-corrected chi connectivity index (χ2v) is 3.96. The summed E-state index contributed by atoms with van der Waals surface area (Å²) >= 11 is 0. The van der Waals surface area contributed by atoms with Crippen LogP contribution in [0.5, 0.6) is 0 Å². The van der Waals surface area contributed by atoms with E-state index in [0.29, 0.717) is 6.61 Å². The standard InChI is InChI=1S/C13H21N3O/c1-4-7-16(8-9-17-3)12-5-6-13(11(2)14)15-10-12/h4-6,10-11H,1,7-9,14H2,2-3H3/t11-/m0/s1. The number of nitrogens with two attached hydrogens (primary N) is 1.